The summed E-state index contributed by atoms with van der Waals surface area (Å²) in [5.41, 5.74) is 0.774. The zero-order valence-corrected chi connectivity index (χ0v) is 9.53. The van der Waals surface area contributed by atoms with Gasteiger partial charge in [0.25, 0.3) is 0 Å². The van der Waals surface area contributed by atoms with Crippen LogP contribution in [0.2, 0.25) is 0 Å². The van der Waals surface area contributed by atoms with Gasteiger partial charge in [-0.3, -0.25) is 11.6 Å². The Morgan fingerprint density at radius 3 is 2.00 bits per heavy atom. The van der Waals surface area contributed by atoms with Crippen molar-refractivity contribution in [2.45, 2.75) is 20.8 Å². The second kappa shape index (κ2) is 15.9. The molecule has 0 N–H and O–H groups in total. The largest absolute Gasteiger partial charge is 0.461 e. The molecule has 2 heteroatoms. The normalized spacial score (nSPS) is 7.10. The molecule has 0 rings (SSSR count). The van der Waals surface area contributed by atoms with Crippen LogP contribution in [0.5, 0.6) is 0 Å². The first-order chi connectivity index (χ1) is 4.27. The Morgan fingerprint density at radius 2 is 1.90 bits per heavy atom. The zero-order valence-electron chi connectivity index (χ0n) is 6.82. The molecule has 0 atom stereocenters. The fourth-order valence-electron chi connectivity index (χ4n) is 0.156. The predicted octanol–water partition coefficient (Wildman–Crippen LogP) is 2.60. The first-order valence-corrected chi connectivity index (χ1v) is 2.98. The van der Waals surface area contributed by atoms with Crippen LogP contribution in [0.15, 0.2) is 23.8 Å². The van der Waals surface area contributed by atoms with Crippen LogP contribution in [0, 0.1) is 6.08 Å². The number of rotatable bonds is 2. The summed E-state index contributed by atoms with van der Waals surface area (Å²) in [6.07, 6.45) is 3.98. The SMILES string of the molecule is C=[C-]C=NC(=C)C.CC.[Re]. The van der Waals surface area contributed by atoms with Crippen molar-refractivity contribution in [3.05, 3.63) is 24.9 Å². The molecule has 0 aromatic carbocycles. The molecule has 0 spiro atoms. The molecule has 0 saturated carbocycles. The van der Waals surface area contributed by atoms with Gasteiger partial charge >= 0.3 is 0 Å². The first-order valence-electron chi connectivity index (χ1n) is 2.98. The van der Waals surface area contributed by atoms with E-state index >= 15 is 0 Å². The number of hydrogen-bond donors (Lipinski definition) is 0. The van der Waals surface area contributed by atoms with Crippen molar-refractivity contribution in [3.8, 4) is 0 Å². The molecule has 0 aromatic heterocycles. The maximum Gasteiger partial charge on any atom is 0.0266 e. The summed E-state index contributed by atoms with van der Waals surface area (Å²) in [5.74, 6) is 0. The van der Waals surface area contributed by atoms with E-state index < -0.39 is 0 Å². The molecule has 0 unspecified atom stereocenters. The van der Waals surface area contributed by atoms with Crippen molar-refractivity contribution in [1.29, 1.82) is 0 Å². The molecule has 0 heterocycles. The van der Waals surface area contributed by atoms with Gasteiger partial charge in [-0.15, -0.1) is 0 Å². The Balaban J connectivity index is -0.000000149. The molecule has 0 aliphatic carbocycles. The van der Waals surface area contributed by atoms with Crippen molar-refractivity contribution >= 4 is 6.21 Å². The third-order valence-corrected chi connectivity index (χ3v) is 0.376. The average molecular weight is 310 g/mol. The summed E-state index contributed by atoms with van der Waals surface area (Å²) in [5, 5.41) is 0. The molecule has 0 bridgehead atoms. The van der Waals surface area contributed by atoms with Gasteiger partial charge in [0.15, 0.2) is 0 Å². The molecule has 1 radical (unpaired) electrons. The van der Waals surface area contributed by atoms with Crippen molar-refractivity contribution in [2.24, 2.45) is 4.99 Å². The van der Waals surface area contributed by atoms with Crippen molar-refractivity contribution in [3.63, 3.8) is 0 Å². The average Bonchev–Trinajstić information content (AvgIpc) is 1.88. The van der Waals surface area contributed by atoms with Crippen LogP contribution in [0.3, 0.4) is 0 Å². The van der Waals surface area contributed by atoms with Crippen molar-refractivity contribution in [2.75, 3.05) is 0 Å². The van der Waals surface area contributed by atoms with Gasteiger partial charge in [0.1, 0.15) is 0 Å². The van der Waals surface area contributed by atoms with E-state index in [1.807, 2.05) is 20.8 Å². The molecule has 0 aliphatic heterocycles. The van der Waals surface area contributed by atoms with Gasteiger partial charge in [-0.05, 0) is 6.92 Å². The number of allylic oxidation sites excluding steroid dienone is 2. The number of aliphatic imine (C=N–C) groups is 1. The Labute approximate surface area is 77.6 Å². The Kier molecular flexibility index (Phi) is 26.1. The molecule has 0 amide bonds. The maximum absolute atomic E-state index is 3.75. The van der Waals surface area contributed by atoms with E-state index in [0.29, 0.717) is 0 Å². The minimum Gasteiger partial charge on any atom is -0.461 e. The summed E-state index contributed by atoms with van der Waals surface area (Å²) in [7, 11) is 0. The summed E-state index contributed by atoms with van der Waals surface area (Å²) in [6, 6.07) is 0. The molecular weight excluding hydrogens is 296 g/mol. The third kappa shape index (κ3) is 24.9. The van der Waals surface area contributed by atoms with Crippen LogP contribution in [0.1, 0.15) is 20.8 Å². The van der Waals surface area contributed by atoms with Crippen LogP contribution < -0.4 is 0 Å². The fraction of sp³-hybridized carbons (Fsp3) is 0.375. The van der Waals surface area contributed by atoms with Crippen molar-refractivity contribution in [1.82, 2.24) is 0 Å². The van der Waals surface area contributed by atoms with E-state index in [0.717, 1.165) is 5.70 Å². The van der Waals surface area contributed by atoms with Crippen LogP contribution in [0.25, 0.3) is 0 Å². The monoisotopic (exact) mass is 311 g/mol. The van der Waals surface area contributed by atoms with Gasteiger partial charge in [0.2, 0.25) is 0 Å². The molecule has 0 saturated heterocycles. The standard InChI is InChI=1S/C6H8N.C2H6.Re/c1-4-5-7-6(2)3;1-2;/h5H,1-2H2,3H3;1-2H3;/q-1;;. The van der Waals surface area contributed by atoms with Gasteiger partial charge in [0, 0.05) is 26.1 Å². The number of nitrogens with zero attached hydrogens (tertiary/aromatic N) is 1. The van der Waals surface area contributed by atoms with E-state index in [-0.39, 0.29) is 20.4 Å². The smallest absolute Gasteiger partial charge is 0.0266 e. The molecule has 0 fully saturated rings. The van der Waals surface area contributed by atoms with E-state index in [1.54, 1.807) is 0 Å². The van der Waals surface area contributed by atoms with E-state index in [1.165, 1.54) is 6.21 Å². The molecule has 59 valence electrons. The second-order valence-corrected chi connectivity index (χ2v) is 1.20. The van der Waals surface area contributed by atoms with Gasteiger partial charge in [0.05, 0.1) is 0 Å². The minimum absolute atomic E-state index is 0. The summed E-state index contributed by atoms with van der Waals surface area (Å²) >= 11 is 0. The zero-order chi connectivity index (χ0) is 7.70. The summed E-state index contributed by atoms with van der Waals surface area (Å²) in [4.78, 5) is 3.75. The maximum atomic E-state index is 3.75. The topological polar surface area (TPSA) is 12.4 Å². The minimum atomic E-state index is 0. The Morgan fingerprint density at radius 1 is 1.50 bits per heavy atom. The first kappa shape index (κ1) is 16.4. The van der Waals surface area contributed by atoms with E-state index in [9.17, 15) is 0 Å². The molecule has 0 aromatic rings. The van der Waals surface area contributed by atoms with Gasteiger partial charge in [-0.1, -0.05) is 20.4 Å². The molecular formula is C8H14NRe-. The summed E-state index contributed by atoms with van der Waals surface area (Å²) < 4.78 is 0. The van der Waals surface area contributed by atoms with Gasteiger partial charge in [-0.25, -0.2) is 0 Å². The molecule has 0 aliphatic rings. The molecule has 10 heavy (non-hydrogen) atoms. The van der Waals surface area contributed by atoms with Gasteiger partial charge < -0.3 is 6.08 Å². The molecule has 1 nitrogen and oxygen atoms in total. The Bertz CT molecular complexity index is 106. The van der Waals surface area contributed by atoms with Gasteiger partial charge in [-0.2, -0.15) is 6.21 Å². The number of hydrogen-bond acceptors (Lipinski definition) is 1. The predicted molar refractivity (Wildman–Crippen MR) is 43.5 cm³/mol. The van der Waals surface area contributed by atoms with Crippen LogP contribution in [0.4, 0.5) is 0 Å². The fourth-order valence-corrected chi connectivity index (χ4v) is 0.156. The third-order valence-electron chi connectivity index (χ3n) is 0.376. The summed E-state index contributed by atoms with van der Waals surface area (Å²) in [6.45, 7) is 12.7. The van der Waals surface area contributed by atoms with Crippen LogP contribution in [-0.4, -0.2) is 6.21 Å². The van der Waals surface area contributed by atoms with E-state index in [4.69, 9.17) is 0 Å². The van der Waals surface area contributed by atoms with Crippen LogP contribution >= 0.6 is 0 Å². The Hall–Kier alpha value is -0.188. The quantitative estimate of drug-likeness (QED) is 0.549. The second-order valence-electron chi connectivity index (χ2n) is 1.20. The van der Waals surface area contributed by atoms with Crippen LogP contribution in [-0.2, 0) is 20.4 Å². The van der Waals surface area contributed by atoms with E-state index in [2.05, 4.69) is 24.2 Å². The van der Waals surface area contributed by atoms with Crippen molar-refractivity contribution < 1.29 is 20.4 Å².